The van der Waals surface area contributed by atoms with Gasteiger partial charge in [-0.1, -0.05) is 6.08 Å². The minimum Gasteiger partial charge on any atom is -0.431 e. The summed E-state index contributed by atoms with van der Waals surface area (Å²) in [6, 6.07) is 0. The van der Waals surface area contributed by atoms with Gasteiger partial charge in [0, 0.05) is 0 Å². The lowest BCUT2D eigenvalue weighted by molar-refractivity contribution is 0.00963. The molecule has 0 aromatic heterocycles. The first-order valence-electron chi connectivity index (χ1n) is 3.97. The summed E-state index contributed by atoms with van der Waals surface area (Å²) in [6.45, 7) is 2.62. The molecule has 5 nitrogen and oxygen atoms in total. The number of carbonyl (C=O) groups is 1. The van der Waals surface area contributed by atoms with Crippen molar-refractivity contribution in [3.63, 3.8) is 0 Å². The maximum atomic E-state index is 10.8. The molecule has 0 radical (unpaired) electrons. The van der Waals surface area contributed by atoms with Gasteiger partial charge >= 0.3 is 6.16 Å². The standard InChI is InChI=1S/C8H12O5/c1-2-3-11-8(9)12-5-7-4-10-6-13-7/h2-3,7H,4-6H2,1H3. The molecule has 1 aliphatic rings. The Labute approximate surface area is 76.2 Å². The average Bonchev–Trinajstić information content (AvgIpc) is 2.64. The summed E-state index contributed by atoms with van der Waals surface area (Å²) in [5, 5.41) is 0. The number of rotatable bonds is 3. The molecular weight excluding hydrogens is 176 g/mol. The molecule has 74 valence electrons. The highest BCUT2D eigenvalue weighted by Crippen LogP contribution is 2.03. The molecule has 0 amide bonds. The molecule has 0 saturated carbocycles. The van der Waals surface area contributed by atoms with Crippen LogP contribution in [0, 0.1) is 0 Å². The third-order valence-electron chi connectivity index (χ3n) is 1.38. The normalized spacial score (nSPS) is 22.1. The first-order valence-corrected chi connectivity index (χ1v) is 3.97. The van der Waals surface area contributed by atoms with Gasteiger partial charge in [-0.05, 0) is 6.92 Å². The lowest BCUT2D eigenvalue weighted by atomic mass is 10.4. The Morgan fingerprint density at radius 2 is 2.54 bits per heavy atom. The topological polar surface area (TPSA) is 54.0 Å². The summed E-state index contributed by atoms with van der Waals surface area (Å²) in [7, 11) is 0. The van der Waals surface area contributed by atoms with Gasteiger partial charge in [0.25, 0.3) is 0 Å². The van der Waals surface area contributed by atoms with E-state index >= 15 is 0 Å². The first kappa shape index (κ1) is 10.0. The Balaban J connectivity index is 2.07. The van der Waals surface area contributed by atoms with Gasteiger partial charge in [0.15, 0.2) is 0 Å². The third-order valence-corrected chi connectivity index (χ3v) is 1.38. The van der Waals surface area contributed by atoms with Crippen molar-refractivity contribution >= 4 is 6.16 Å². The highest BCUT2D eigenvalue weighted by Gasteiger charge is 2.18. The van der Waals surface area contributed by atoms with E-state index < -0.39 is 6.16 Å². The second kappa shape index (κ2) is 5.55. The maximum Gasteiger partial charge on any atom is 0.513 e. The van der Waals surface area contributed by atoms with Gasteiger partial charge < -0.3 is 18.9 Å². The third kappa shape index (κ3) is 3.91. The summed E-state index contributed by atoms with van der Waals surface area (Å²) in [4.78, 5) is 10.8. The molecule has 1 saturated heterocycles. The van der Waals surface area contributed by atoms with Crippen LogP contribution in [0.25, 0.3) is 0 Å². The van der Waals surface area contributed by atoms with Gasteiger partial charge in [0.2, 0.25) is 0 Å². The molecule has 1 fully saturated rings. The predicted molar refractivity (Wildman–Crippen MR) is 42.9 cm³/mol. The van der Waals surface area contributed by atoms with Crippen LogP contribution in [0.3, 0.4) is 0 Å². The quantitative estimate of drug-likeness (QED) is 0.489. The van der Waals surface area contributed by atoms with Crippen LogP contribution in [-0.4, -0.2) is 32.3 Å². The molecule has 1 aliphatic heterocycles. The molecule has 0 N–H and O–H groups in total. The Kier molecular flexibility index (Phi) is 4.28. The van der Waals surface area contributed by atoms with Crippen molar-refractivity contribution in [3.05, 3.63) is 12.3 Å². The van der Waals surface area contributed by atoms with Crippen LogP contribution in [-0.2, 0) is 18.9 Å². The van der Waals surface area contributed by atoms with Crippen LogP contribution >= 0.6 is 0 Å². The molecule has 1 unspecified atom stereocenters. The Morgan fingerprint density at radius 3 is 3.15 bits per heavy atom. The second-order valence-electron chi connectivity index (χ2n) is 2.43. The number of hydrogen-bond acceptors (Lipinski definition) is 5. The van der Waals surface area contributed by atoms with E-state index in [2.05, 4.69) is 4.74 Å². The highest BCUT2D eigenvalue weighted by atomic mass is 16.7. The van der Waals surface area contributed by atoms with Crippen LogP contribution in [0.15, 0.2) is 12.3 Å². The van der Waals surface area contributed by atoms with E-state index in [-0.39, 0.29) is 19.5 Å². The van der Waals surface area contributed by atoms with E-state index in [1.54, 1.807) is 13.0 Å². The van der Waals surface area contributed by atoms with Gasteiger partial charge in [-0.15, -0.1) is 0 Å². The summed E-state index contributed by atoms with van der Waals surface area (Å²) in [5.74, 6) is 0. The van der Waals surface area contributed by atoms with E-state index in [0.717, 1.165) is 0 Å². The van der Waals surface area contributed by atoms with Crippen LogP contribution in [0.1, 0.15) is 6.92 Å². The zero-order valence-corrected chi connectivity index (χ0v) is 7.39. The minimum absolute atomic E-state index is 0.163. The number of hydrogen-bond donors (Lipinski definition) is 0. The van der Waals surface area contributed by atoms with Crippen molar-refractivity contribution in [2.45, 2.75) is 13.0 Å². The van der Waals surface area contributed by atoms with Crippen LogP contribution < -0.4 is 0 Å². The molecule has 13 heavy (non-hydrogen) atoms. The van der Waals surface area contributed by atoms with Crippen LogP contribution in [0.4, 0.5) is 4.79 Å². The largest absolute Gasteiger partial charge is 0.513 e. The molecule has 1 atom stereocenters. The van der Waals surface area contributed by atoms with E-state index in [1.807, 2.05) is 0 Å². The molecule has 1 rings (SSSR count). The number of carbonyl (C=O) groups excluding carboxylic acids is 1. The fourth-order valence-electron chi connectivity index (χ4n) is 0.787. The number of ether oxygens (including phenoxy) is 4. The van der Waals surface area contributed by atoms with Crippen LogP contribution in [0.5, 0.6) is 0 Å². The Morgan fingerprint density at radius 1 is 1.69 bits per heavy atom. The van der Waals surface area contributed by atoms with Crippen molar-refractivity contribution in [1.82, 2.24) is 0 Å². The fraction of sp³-hybridized carbons (Fsp3) is 0.625. The SMILES string of the molecule is CC=COC(=O)OCC1COCO1. The summed E-state index contributed by atoms with van der Waals surface area (Å²) in [6.07, 6.45) is 1.96. The molecule has 0 aliphatic carbocycles. The highest BCUT2D eigenvalue weighted by molar-refractivity contribution is 5.60. The molecular formula is C8H12O5. The van der Waals surface area contributed by atoms with Gasteiger partial charge in [0.1, 0.15) is 19.5 Å². The van der Waals surface area contributed by atoms with E-state index in [1.165, 1.54) is 6.26 Å². The Bertz CT molecular complexity index is 183. The van der Waals surface area contributed by atoms with Crippen molar-refractivity contribution in [3.8, 4) is 0 Å². The zero-order chi connectivity index (χ0) is 9.52. The molecule has 1 heterocycles. The Hall–Kier alpha value is -1.07. The van der Waals surface area contributed by atoms with Crippen molar-refractivity contribution in [2.75, 3.05) is 20.0 Å². The second-order valence-corrected chi connectivity index (χ2v) is 2.43. The zero-order valence-electron chi connectivity index (χ0n) is 7.39. The summed E-state index contributed by atoms with van der Waals surface area (Å²) >= 11 is 0. The van der Waals surface area contributed by atoms with E-state index in [0.29, 0.717) is 6.61 Å². The smallest absolute Gasteiger partial charge is 0.431 e. The van der Waals surface area contributed by atoms with Gasteiger partial charge in [-0.25, -0.2) is 4.79 Å². The van der Waals surface area contributed by atoms with Crippen LogP contribution in [0.2, 0.25) is 0 Å². The lowest BCUT2D eigenvalue weighted by Crippen LogP contribution is -2.20. The monoisotopic (exact) mass is 188 g/mol. The molecule has 0 spiro atoms. The minimum atomic E-state index is -0.728. The van der Waals surface area contributed by atoms with Gasteiger partial charge in [0.05, 0.1) is 12.9 Å². The first-order chi connectivity index (χ1) is 6.33. The van der Waals surface area contributed by atoms with Crippen molar-refractivity contribution in [2.24, 2.45) is 0 Å². The summed E-state index contributed by atoms with van der Waals surface area (Å²) in [5.41, 5.74) is 0. The number of allylic oxidation sites excluding steroid dienone is 1. The van der Waals surface area contributed by atoms with Crippen molar-refractivity contribution < 1.29 is 23.7 Å². The summed E-state index contributed by atoms with van der Waals surface area (Å²) < 4.78 is 19.2. The van der Waals surface area contributed by atoms with Gasteiger partial charge in [-0.2, -0.15) is 0 Å². The molecule has 0 bridgehead atoms. The van der Waals surface area contributed by atoms with E-state index in [4.69, 9.17) is 14.2 Å². The molecule has 5 heteroatoms. The van der Waals surface area contributed by atoms with Gasteiger partial charge in [-0.3, -0.25) is 0 Å². The predicted octanol–water partition coefficient (Wildman–Crippen LogP) is 1.05. The average molecular weight is 188 g/mol. The maximum absolute atomic E-state index is 10.8. The lowest BCUT2D eigenvalue weighted by Gasteiger charge is -2.06. The van der Waals surface area contributed by atoms with E-state index in [9.17, 15) is 4.79 Å². The molecule has 0 aromatic rings. The van der Waals surface area contributed by atoms with Crippen molar-refractivity contribution in [1.29, 1.82) is 0 Å². The molecule has 0 aromatic carbocycles. The fourth-order valence-corrected chi connectivity index (χ4v) is 0.787.